The van der Waals surface area contributed by atoms with E-state index in [1.165, 1.54) is 0 Å². The average molecular weight is 271 g/mol. The molecule has 0 spiro atoms. The van der Waals surface area contributed by atoms with E-state index in [0.717, 1.165) is 10.5 Å². The third-order valence-electron chi connectivity index (χ3n) is 3.05. The normalized spacial score (nSPS) is 12.7. The van der Waals surface area contributed by atoms with Gasteiger partial charge in [0.05, 0.1) is 5.69 Å². The highest BCUT2D eigenvalue weighted by Crippen LogP contribution is 2.37. The van der Waals surface area contributed by atoms with Crippen molar-refractivity contribution in [2.24, 2.45) is 0 Å². The van der Waals surface area contributed by atoms with E-state index < -0.39 is 6.09 Å². The lowest BCUT2D eigenvalue weighted by atomic mass is 10.2. The van der Waals surface area contributed by atoms with Gasteiger partial charge in [0.25, 0.3) is 0 Å². The fourth-order valence-electron chi connectivity index (χ4n) is 2.03. The van der Waals surface area contributed by atoms with Gasteiger partial charge >= 0.3 is 6.09 Å². The molecule has 1 N–H and O–H groups in total. The van der Waals surface area contributed by atoms with E-state index in [4.69, 9.17) is 14.6 Å². The van der Waals surface area contributed by atoms with Crippen molar-refractivity contribution >= 4 is 11.8 Å². The smallest absolute Gasteiger partial charge is 0.414 e. The minimum Gasteiger partial charge on any atom is -0.489 e. The summed E-state index contributed by atoms with van der Waals surface area (Å²) in [4.78, 5) is 12.1. The first-order valence-electron chi connectivity index (χ1n) is 6.18. The first kappa shape index (κ1) is 12.3. The average Bonchev–Trinajstić information content (AvgIpc) is 2.89. The Morgan fingerprint density at radius 2 is 2.05 bits per heavy atom. The van der Waals surface area contributed by atoms with Gasteiger partial charge in [-0.15, -0.1) is 0 Å². The van der Waals surface area contributed by atoms with Crippen molar-refractivity contribution in [3.05, 3.63) is 54.1 Å². The molecule has 5 nitrogen and oxygen atoms in total. The summed E-state index contributed by atoms with van der Waals surface area (Å²) in [7, 11) is 0. The molecule has 1 heterocycles. The summed E-state index contributed by atoms with van der Waals surface area (Å²) in [6.07, 6.45) is -1.03. The second-order valence-corrected chi connectivity index (χ2v) is 4.39. The zero-order chi connectivity index (χ0) is 13.9. The number of ether oxygens (including phenoxy) is 2. The van der Waals surface area contributed by atoms with Crippen LogP contribution < -0.4 is 14.4 Å². The number of benzene rings is 2. The minimum atomic E-state index is -1.03. The molecule has 0 fully saturated rings. The van der Waals surface area contributed by atoms with E-state index >= 15 is 0 Å². The maximum atomic E-state index is 11.0. The molecule has 0 atom stereocenters. The van der Waals surface area contributed by atoms with Crippen LogP contribution in [-0.4, -0.2) is 17.9 Å². The molecule has 0 aliphatic carbocycles. The molecule has 20 heavy (non-hydrogen) atoms. The van der Waals surface area contributed by atoms with Crippen LogP contribution >= 0.6 is 0 Å². The molecule has 0 unspecified atom stereocenters. The van der Waals surface area contributed by atoms with Crippen molar-refractivity contribution in [2.45, 2.75) is 6.61 Å². The third kappa shape index (κ3) is 2.38. The summed E-state index contributed by atoms with van der Waals surface area (Å²) in [5, 5.41) is 9.00. The molecule has 0 saturated heterocycles. The van der Waals surface area contributed by atoms with Gasteiger partial charge in [0.15, 0.2) is 6.73 Å². The molecular formula is C15H13NO4. The van der Waals surface area contributed by atoms with Gasteiger partial charge in [-0.25, -0.2) is 9.69 Å². The van der Waals surface area contributed by atoms with Crippen LogP contribution in [0.1, 0.15) is 5.56 Å². The van der Waals surface area contributed by atoms with Crippen molar-refractivity contribution in [3.8, 4) is 11.5 Å². The van der Waals surface area contributed by atoms with Gasteiger partial charge in [-0.1, -0.05) is 30.3 Å². The third-order valence-corrected chi connectivity index (χ3v) is 3.05. The predicted octanol–water partition coefficient (Wildman–Crippen LogP) is 3.10. The van der Waals surface area contributed by atoms with Crippen LogP contribution in [-0.2, 0) is 6.61 Å². The van der Waals surface area contributed by atoms with Crippen LogP contribution in [0, 0.1) is 0 Å². The Bertz CT molecular complexity index is 627. The van der Waals surface area contributed by atoms with Gasteiger partial charge in [-0.2, -0.15) is 0 Å². The van der Waals surface area contributed by atoms with E-state index in [-0.39, 0.29) is 6.73 Å². The van der Waals surface area contributed by atoms with E-state index in [1.54, 1.807) is 18.2 Å². The van der Waals surface area contributed by atoms with Crippen molar-refractivity contribution in [1.29, 1.82) is 0 Å². The Hall–Kier alpha value is -2.69. The van der Waals surface area contributed by atoms with Crippen molar-refractivity contribution in [2.75, 3.05) is 11.6 Å². The number of carbonyl (C=O) groups is 1. The fourth-order valence-corrected chi connectivity index (χ4v) is 2.03. The van der Waals surface area contributed by atoms with Crippen LogP contribution in [0.3, 0.4) is 0 Å². The van der Waals surface area contributed by atoms with Gasteiger partial charge in [0, 0.05) is 6.07 Å². The van der Waals surface area contributed by atoms with Crippen molar-refractivity contribution in [3.63, 3.8) is 0 Å². The van der Waals surface area contributed by atoms with Gasteiger partial charge in [-0.3, -0.25) is 0 Å². The molecule has 3 rings (SSSR count). The summed E-state index contributed by atoms with van der Waals surface area (Å²) in [5.41, 5.74) is 1.62. The molecule has 1 amide bonds. The van der Waals surface area contributed by atoms with Crippen molar-refractivity contribution in [1.82, 2.24) is 0 Å². The number of nitrogens with zero attached hydrogens (tertiary/aromatic N) is 1. The number of hydrogen-bond acceptors (Lipinski definition) is 3. The van der Waals surface area contributed by atoms with Crippen LogP contribution in [0.15, 0.2) is 48.5 Å². The highest BCUT2D eigenvalue weighted by Gasteiger charge is 2.25. The van der Waals surface area contributed by atoms with Crippen molar-refractivity contribution < 1.29 is 19.4 Å². The summed E-state index contributed by atoms with van der Waals surface area (Å²) in [6.45, 7) is 0.481. The Labute approximate surface area is 116 Å². The summed E-state index contributed by atoms with van der Waals surface area (Å²) in [5.74, 6) is 1.18. The lowest BCUT2D eigenvalue weighted by molar-refractivity contribution is 0.197. The monoisotopic (exact) mass is 271 g/mol. The molecule has 5 heteroatoms. The molecule has 1 aliphatic heterocycles. The molecule has 102 valence electrons. The Balaban J connectivity index is 1.72. The van der Waals surface area contributed by atoms with Gasteiger partial charge in [-0.05, 0) is 17.7 Å². The van der Waals surface area contributed by atoms with E-state index in [9.17, 15) is 4.79 Å². The number of amides is 1. The molecule has 2 aromatic carbocycles. The zero-order valence-corrected chi connectivity index (χ0v) is 10.7. The molecule has 0 aromatic heterocycles. The predicted molar refractivity (Wildman–Crippen MR) is 73.2 cm³/mol. The largest absolute Gasteiger partial charge is 0.489 e. The van der Waals surface area contributed by atoms with Gasteiger partial charge in [0.2, 0.25) is 0 Å². The van der Waals surface area contributed by atoms with Crippen LogP contribution in [0.25, 0.3) is 0 Å². The maximum Gasteiger partial charge on any atom is 0.414 e. The molecular weight excluding hydrogens is 258 g/mol. The molecule has 1 aliphatic rings. The van der Waals surface area contributed by atoms with Crippen LogP contribution in [0.5, 0.6) is 11.5 Å². The molecule has 0 bridgehead atoms. The van der Waals surface area contributed by atoms with Gasteiger partial charge < -0.3 is 14.6 Å². The minimum absolute atomic E-state index is 0.0206. The first-order valence-corrected chi connectivity index (χ1v) is 6.18. The van der Waals surface area contributed by atoms with Crippen LogP contribution in [0.2, 0.25) is 0 Å². The SMILES string of the molecule is O=C(O)N1COc2cc(OCc3ccccc3)ccc21. The van der Waals surface area contributed by atoms with E-state index in [2.05, 4.69) is 0 Å². The second-order valence-electron chi connectivity index (χ2n) is 4.39. The number of rotatable bonds is 3. The zero-order valence-electron chi connectivity index (χ0n) is 10.7. The number of hydrogen-bond donors (Lipinski definition) is 1. The molecule has 2 aromatic rings. The standard InChI is InChI=1S/C15H13NO4/c17-15(18)16-10-20-14-8-12(6-7-13(14)16)19-9-11-4-2-1-3-5-11/h1-8H,9-10H2,(H,17,18). The number of carboxylic acid groups (broad SMARTS) is 1. The summed E-state index contributed by atoms with van der Waals surface area (Å²) in [6, 6.07) is 15.0. The second kappa shape index (κ2) is 5.13. The maximum absolute atomic E-state index is 11.0. The van der Waals surface area contributed by atoms with E-state index in [0.29, 0.717) is 23.8 Å². The summed E-state index contributed by atoms with van der Waals surface area (Å²) >= 11 is 0. The van der Waals surface area contributed by atoms with Crippen LogP contribution in [0.4, 0.5) is 10.5 Å². The lowest BCUT2D eigenvalue weighted by Gasteiger charge is -2.10. The Morgan fingerprint density at radius 1 is 1.25 bits per heavy atom. The fraction of sp³-hybridized carbons (Fsp3) is 0.133. The molecule has 0 radical (unpaired) electrons. The quantitative estimate of drug-likeness (QED) is 0.931. The summed E-state index contributed by atoms with van der Waals surface area (Å²) < 4.78 is 11.0. The lowest BCUT2D eigenvalue weighted by Crippen LogP contribution is -2.27. The number of anilines is 1. The van der Waals surface area contributed by atoms with Gasteiger partial charge in [0.1, 0.15) is 18.1 Å². The topological polar surface area (TPSA) is 59.0 Å². The first-order chi connectivity index (χ1) is 9.74. The highest BCUT2D eigenvalue weighted by atomic mass is 16.5. The molecule has 0 saturated carbocycles. The number of fused-ring (bicyclic) bond motifs is 1. The van der Waals surface area contributed by atoms with E-state index in [1.807, 2.05) is 30.3 Å². The highest BCUT2D eigenvalue weighted by molar-refractivity contribution is 5.89. The Morgan fingerprint density at radius 3 is 2.80 bits per heavy atom. The Kier molecular flexibility index (Phi) is 3.16.